The Labute approximate surface area is 137 Å². The minimum Gasteiger partial charge on any atom is -0.379 e. The zero-order chi connectivity index (χ0) is 17.1. The van der Waals surface area contributed by atoms with Gasteiger partial charge in [-0.25, -0.2) is 4.98 Å². The molecule has 2 atom stereocenters. The lowest BCUT2D eigenvalue weighted by Gasteiger charge is -2.26. The third-order valence-corrected chi connectivity index (χ3v) is 3.82. The van der Waals surface area contributed by atoms with E-state index in [4.69, 9.17) is 10.5 Å². The number of nitriles is 1. The summed E-state index contributed by atoms with van der Waals surface area (Å²) in [6, 6.07) is 4.59. The molecular formula is C15H15FN6O2. The van der Waals surface area contributed by atoms with Crippen LogP contribution in [0, 0.1) is 23.2 Å². The molecule has 1 amide bonds. The van der Waals surface area contributed by atoms with Crippen molar-refractivity contribution in [2.45, 2.75) is 12.5 Å². The normalized spacial score (nSPS) is 20.3. The topological polar surface area (TPSA) is 119 Å². The highest BCUT2D eigenvalue weighted by molar-refractivity contribution is 5.98. The van der Waals surface area contributed by atoms with E-state index in [0.717, 1.165) is 0 Å². The summed E-state index contributed by atoms with van der Waals surface area (Å²) < 4.78 is 19.8. The Kier molecular flexibility index (Phi) is 4.39. The number of anilines is 2. The van der Waals surface area contributed by atoms with E-state index in [1.54, 1.807) is 0 Å². The number of halogens is 1. The number of primary amides is 1. The number of carbonyl (C=O) groups excluding carboxylic acids is 1. The van der Waals surface area contributed by atoms with Crippen molar-refractivity contribution < 1.29 is 13.9 Å². The third kappa shape index (κ3) is 3.18. The first-order chi connectivity index (χ1) is 11.6. The smallest absolute Gasteiger partial charge is 0.254 e. The van der Waals surface area contributed by atoms with E-state index in [1.807, 2.05) is 0 Å². The second-order valence-electron chi connectivity index (χ2n) is 5.40. The molecule has 0 spiro atoms. The number of carbonyl (C=O) groups is 1. The zero-order valence-corrected chi connectivity index (χ0v) is 12.6. The summed E-state index contributed by atoms with van der Waals surface area (Å²) in [6.45, 7) is 0.848. The number of aromatic nitrogens is 3. The van der Waals surface area contributed by atoms with E-state index in [9.17, 15) is 14.4 Å². The first-order valence-electron chi connectivity index (χ1n) is 7.33. The van der Waals surface area contributed by atoms with Gasteiger partial charge in [0.2, 0.25) is 5.95 Å². The summed E-state index contributed by atoms with van der Waals surface area (Å²) in [5, 5.41) is 16.5. The van der Waals surface area contributed by atoms with E-state index in [1.165, 1.54) is 29.2 Å². The van der Waals surface area contributed by atoms with Crippen molar-refractivity contribution in [1.82, 2.24) is 14.8 Å². The SMILES string of the molecule is N#CC1CCOCC1n1cc(C(N)=O)c(Nc2ccc(F)nc2)n1. The molecule has 8 nitrogen and oxygen atoms in total. The number of nitrogens with one attached hydrogen (secondary N) is 1. The molecular weight excluding hydrogens is 315 g/mol. The predicted molar refractivity (Wildman–Crippen MR) is 81.8 cm³/mol. The van der Waals surface area contributed by atoms with E-state index in [2.05, 4.69) is 21.5 Å². The van der Waals surface area contributed by atoms with Crippen molar-refractivity contribution >= 4 is 17.4 Å². The lowest BCUT2D eigenvalue weighted by atomic mass is 9.97. The Bertz CT molecular complexity index is 782. The predicted octanol–water partition coefficient (Wildman–Crippen LogP) is 1.36. The summed E-state index contributed by atoms with van der Waals surface area (Å²) in [4.78, 5) is 15.2. The summed E-state index contributed by atoms with van der Waals surface area (Å²) in [5.41, 5.74) is 6.03. The Hall–Kier alpha value is -2.99. The quantitative estimate of drug-likeness (QED) is 0.817. The molecule has 124 valence electrons. The van der Waals surface area contributed by atoms with Crippen LogP contribution >= 0.6 is 0 Å². The minimum atomic E-state index is -0.663. The van der Waals surface area contributed by atoms with Crippen molar-refractivity contribution in [3.8, 4) is 6.07 Å². The maximum absolute atomic E-state index is 12.9. The maximum Gasteiger partial charge on any atom is 0.254 e. The summed E-state index contributed by atoms with van der Waals surface area (Å²) in [7, 11) is 0. The van der Waals surface area contributed by atoms with Gasteiger partial charge in [0.15, 0.2) is 5.82 Å². The first-order valence-corrected chi connectivity index (χ1v) is 7.33. The van der Waals surface area contributed by atoms with Crippen molar-refractivity contribution in [3.05, 3.63) is 36.0 Å². The standard InChI is InChI=1S/C15H15FN6O2/c16-13-2-1-10(6-19-13)20-15-11(14(18)23)7-22(21-15)12-8-24-4-3-9(12)5-17/h1-2,6-7,9,12H,3-4,8H2,(H2,18,23)(H,20,21). The molecule has 2 aromatic heterocycles. The number of nitrogens with two attached hydrogens (primary N) is 1. The number of hydrogen-bond donors (Lipinski definition) is 2. The molecule has 1 aliphatic heterocycles. The largest absolute Gasteiger partial charge is 0.379 e. The second kappa shape index (κ2) is 6.64. The van der Waals surface area contributed by atoms with Crippen molar-refractivity contribution in [1.29, 1.82) is 5.26 Å². The average molecular weight is 330 g/mol. The monoisotopic (exact) mass is 330 g/mol. The van der Waals surface area contributed by atoms with Gasteiger partial charge in [-0.2, -0.15) is 14.8 Å². The van der Waals surface area contributed by atoms with Crippen LogP contribution in [0.4, 0.5) is 15.9 Å². The van der Waals surface area contributed by atoms with Crippen LogP contribution in [-0.2, 0) is 4.74 Å². The average Bonchev–Trinajstić information content (AvgIpc) is 3.01. The van der Waals surface area contributed by atoms with Crippen molar-refractivity contribution in [2.24, 2.45) is 11.7 Å². The van der Waals surface area contributed by atoms with Crippen LogP contribution in [0.3, 0.4) is 0 Å². The molecule has 1 fully saturated rings. The van der Waals surface area contributed by atoms with Crippen molar-refractivity contribution in [2.75, 3.05) is 18.5 Å². The van der Waals surface area contributed by atoms with Crippen molar-refractivity contribution in [3.63, 3.8) is 0 Å². The van der Waals surface area contributed by atoms with Crippen LogP contribution in [0.15, 0.2) is 24.5 Å². The molecule has 3 heterocycles. The van der Waals surface area contributed by atoms with Gasteiger partial charge >= 0.3 is 0 Å². The van der Waals surface area contributed by atoms with Gasteiger partial charge in [0.1, 0.15) is 5.56 Å². The van der Waals surface area contributed by atoms with Gasteiger partial charge < -0.3 is 15.8 Å². The van der Waals surface area contributed by atoms with E-state index in [0.29, 0.717) is 25.3 Å². The van der Waals surface area contributed by atoms with Gasteiger partial charge in [-0.1, -0.05) is 0 Å². The number of ether oxygens (including phenoxy) is 1. The first kappa shape index (κ1) is 15.9. The molecule has 0 aromatic carbocycles. The number of pyridine rings is 1. The lowest BCUT2D eigenvalue weighted by molar-refractivity contribution is 0.0342. The summed E-state index contributed by atoms with van der Waals surface area (Å²) in [5.74, 6) is -1.32. The van der Waals surface area contributed by atoms with Crippen LogP contribution in [-0.4, -0.2) is 33.9 Å². The van der Waals surface area contributed by atoms with Crippen LogP contribution in [0.2, 0.25) is 0 Å². The molecule has 0 bridgehead atoms. The molecule has 2 unspecified atom stereocenters. The van der Waals surface area contributed by atoms with Gasteiger partial charge in [-0.3, -0.25) is 9.48 Å². The molecule has 9 heteroatoms. The Morgan fingerprint density at radius 2 is 2.38 bits per heavy atom. The number of amides is 1. The van der Waals surface area contributed by atoms with Crippen LogP contribution in [0.25, 0.3) is 0 Å². The fourth-order valence-electron chi connectivity index (χ4n) is 2.55. The highest BCUT2D eigenvalue weighted by atomic mass is 19.1. The molecule has 0 radical (unpaired) electrons. The van der Waals surface area contributed by atoms with Gasteiger partial charge in [0.05, 0.1) is 36.5 Å². The van der Waals surface area contributed by atoms with E-state index in [-0.39, 0.29) is 23.3 Å². The molecule has 2 aromatic rings. The molecule has 1 saturated heterocycles. The number of hydrogen-bond acceptors (Lipinski definition) is 6. The van der Waals surface area contributed by atoms with Gasteiger partial charge in [-0.15, -0.1) is 0 Å². The Morgan fingerprint density at radius 1 is 1.54 bits per heavy atom. The summed E-state index contributed by atoms with van der Waals surface area (Å²) in [6.07, 6.45) is 3.36. The highest BCUT2D eigenvalue weighted by Gasteiger charge is 2.29. The van der Waals surface area contributed by atoms with Gasteiger partial charge in [-0.05, 0) is 18.6 Å². The Morgan fingerprint density at radius 3 is 3.04 bits per heavy atom. The van der Waals surface area contributed by atoms with E-state index < -0.39 is 11.9 Å². The maximum atomic E-state index is 12.9. The van der Waals surface area contributed by atoms with Crippen LogP contribution in [0.5, 0.6) is 0 Å². The van der Waals surface area contributed by atoms with Gasteiger partial charge in [0.25, 0.3) is 5.91 Å². The molecule has 3 rings (SSSR count). The lowest BCUT2D eigenvalue weighted by Crippen LogP contribution is -2.29. The second-order valence-corrected chi connectivity index (χ2v) is 5.40. The van der Waals surface area contributed by atoms with E-state index >= 15 is 0 Å². The molecule has 0 saturated carbocycles. The molecule has 1 aliphatic rings. The highest BCUT2D eigenvalue weighted by Crippen LogP contribution is 2.28. The third-order valence-electron chi connectivity index (χ3n) is 3.82. The fourth-order valence-corrected chi connectivity index (χ4v) is 2.55. The van der Waals surface area contributed by atoms with Crippen LogP contribution < -0.4 is 11.1 Å². The molecule has 24 heavy (non-hydrogen) atoms. The summed E-state index contributed by atoms with van der Waals surface area (Å²) >= 11 is 0. The fraction of sp³-hybridized carbons (Fsp3) is 0.333. The molecule has 3 N–H and O–H groups in total. The number of nitrogens with zero attached hydrogens (tertiary/aromatic N) is 4. The zero-order valence-electron chi connectivity index (χ0n) is 12.6. The van der Waals surface area contributed by atoms with Gasteiger partial charge in [0, 0.05) is 12.8 Å². The minimum absolute atomic E-state index is 0.168. The van der Waals surface area contributed by atoms with Crippen LogP contribution in [0.1, 0.15) is 22.8 Å². The Balaban J connectivity index is 1.91. The molecule has 0 aliphatic carbocycles. The number of rotatable bonds is 4.